The summed E-state index contributed by atoms with van der Waals surface area (Å²) in [6, 6.07) is 24.4. The first-order valence-corrected chi connectivity index (χ1v) is 11.7. The number of hydrogen-bond donors (Lipinski definition) is 1. The van der Waals surface area contributed by atoms with Gasteiger partial charge in [0.1, 0.15) is 17.2 Å². The van der Waals surface area contributed by atoms with Crippen LogP contribution in [0.5, 0.6) is 17.2 Å². The van der Waals surface area contributed by atoms with Gasteiger partial charge in [0, 0.05) is 23.9 Å². The number of hydrogen-bond acceptors (Lipinski definition) is 4. The minimum atomic E-state index is 0.109. The molecule has 166 valence electrons. The lowest BCUT2D eigenvalue weighted by atomic mass is 9.76. The molecule has 1 N–H and O–H groups in total. The van der Waals surface area contributed by atoms with E-state index in [9.17, 15) is 5.11 Å². The number of nitrogens with zero attached hydrogens (tertiary/aromatic N) is 1. The van der Waals surface area contributed by atoms with E-state index in [0.29, 0.717) is 6.61 Å². The van der Waals surface area contributed by atoms with Gasteiger partial charge in [-0.25, -0.2) is 0 Å². The van der Waals surface area contributed by atoms with E-state index in [2.05, 4.69) is 53.4 Å². The van der Waals surface area contributed by atoms with Gasteiger partial charge >= 0.3 is 0 Å². The third kappa shape index (κ3) is 4.61. The number of ether oxygens (including phenoxy) is 2. The normalized spacial score (nSPS) is 20.5. The molecule has 0 radical (unpaired) electrons. The summed E-state index contributed by atoms with van der Waals surface area (Å²) in [4.78, 5) is 2.52. The van der Waals surface area contributed by atoms with Crippen molar-refractivity contribution in [1.29, 1.82) is 0 Å². The maximum absolute atomic E-state index is 10.2. The fourth-order valence-corrected chi connectivity index (χ4v) is 5.06. The van der Waals surface area contributed by atoms with Crippen molar-refractivity contribution in [3.8, 4) is 17.2 Å². The molecule has 32 heavy (non-hydrogen) atoms. The standard InChI is InChI=1S/C28H31NO3/c30-23-11-14-27-25(19-23)28(26(20-32-27)21-7-2-1-3-8-21)22-9-12-24(13-10-22)31-18-6-17-29-15-4-5-16-29/h1-3,7-14,19,26,28,30H,4-6,15-18,20H2/t26-,28?/m1/s1. The van der Waals surface area contributed by atoms with Crippen LogP contribution in [0.15, 0.2) is 72.8 Å². The first kappa shape index (κ1) is 20.9. The van der Waals surface area contributed by atoms with Gasteiger partial charge in [-0.15, -0.1) is 0 Å². The zero-order valence-corrected chi connectivity index (χ0v) is 18.5. The number of phenols is 1. The highest BCUT2D eigenvalue weighted by atomic mass is 16.5. The minimum absolute atomic E-state index is 0.109. The average molecular weight is 430 g/mol. The van der Waals surface area contributed by atoms with Crippen LogP contribution in [0.3, 0.4) is 0 Å². The Bertz CT molecular complexity index is 1010. The number of phenolic OH excluding ortho intramolecular Hbond substituents is 1. The topological polar surface area (TPSA) is 41.9 Å². The zero-order chi connectivity index (χ0) is 21.8. The number of likely N-dealkylation sites (tertiary alicyclic amines) is 1. The Morgan fingerprint density at radius 3 is 2.47 bits per heavy atom. The van der Waals surface area contributed by atoms with Crippen molar-refractivity contribution in [3.63, 3.8) is 0 Å². The van der Waals surface area contributed by atoms with Gasteiger partial charge < -0.3 is 19.5 Å². The molecular weight excluding hydrogens is 398 g/mol. The molecule has 0 saturated carbocycles. The van der Waals surface area contributed by atoms with Crippen molar-refractivity contribution in [2.24, 2.45) is 0 Å². The second-order valence-electron chi connectivity index (χ2n) is 8.85. The minimum Gasteiger partial charge on any atom is -0.508 e. The Balaban J connectivity index is 1.34. The Kier molecular flexibility index (Phi) is 6.31. The average Bonchev–Trinajstić information content (AvgIpc) is 3.36. The van der Waals surface area contributed by atoms with Crippen molar-refractivity contribution in [2.45, 2.75) is 31.1 Å². The van der Waals surface area contributed by atoms with Gasteiger partial charge in [-0.3, -0.25) is 0 Å². The highest BCUT2D eigenvalue weighted by Crippen LogP contribution is 2.47. The molecule has 2 atom stereocenters. The maximum Gasteiger partial charge on any atom is 0.123 e. The van der Waals surface area contributed by atoms with E-state index in [1.54, 1.807) is 6.07 Å². The smallest absolute Gasteiger partial charge is 0.123 e. The van der Waals surface area contributed by atoms with Crippen LogP contribution < -0.4 is 9.47 Å². The van der Waals surface area contributed by atoms with Gasteiger partial charge in [0.05, 0.1) is 13.2 Å². The third-order valence-corrected chi connectivity index (χ3v) is 6.70. The van der Waals surface area contributed by atoms with E-state index in [4.69, 9.17) is 9.47 Å². The second kappa shape index (κ2) is 9.66. The van der Waals surface area contributed by atoms with Gasteiger partial charge in [0.2, 0.25) is 0 Å². The molecule has 4 heteroatoms. The number of rotatable bonds is 7. The van der Waals surface area contributed by atoms with Gasteiger partial charge in [-0.2, -0.15) is 0 Å². The Morgan fingerprint density at radius 1 is 0.906 bits per heavy atom. The van der Waals surface area contributed by atoms with Crippen molar-refractivity contribution < 1.29 is 14.6 Å². The van der Waals surface area contributed by atoms with E-state index < -0.39 is 0 Å². The van der Waals surface area contributed by atoms with Crippen LogP contribution in [0.4, 0.5) is 0 Å². The van der Waals surface area contributed by atoms with Gasteiger partial charge in [0.15, 0.2) is 0 Å². The van der Waals surface area contributed by atoms with Crippen molar-refractivity contribution in [1.82, 2.24) is 4.90 Å². The van der Waals surface area contributed by atoms with Crippen LogP contribution in [0.25, 0.3) is 0 Å². The van der Waals surface area contributed by atoms with Crippen molar-refractivity contribution >= 4 is 0 Å². The Hall–Kier alpha value is -2.98. The number of aromatic hydroxyl groups is 1. The van der Waals surface area contributed by atoms with Crippen LogP contribution in [0.1, 0.15) is 47.8 Å². The molecule has 2 aliphatic heterocycles. The molecule has 0 spiro atoms. The summed E-state index contributed by atoms with van der Waals surface area (Å²) >= 11 is 0. The largest absolute Gasteiger partial charge is 0.508 e. The zero-order valence-electron chi connectivity index (χ0n) is 18.5. The van der Waals surface area contributed by atoms with Crippen LogP contribution in [-0.2, 0) is 0 Å². The molecule has 3 aromatic carbocycles. The monoisotopic (exact) mass is 429 g/mol. The third-order valence-electron chi connectivity index (χ3n) is 6.70. The molecule has 5 rings (SSSR count). The first-order valence-electron chi connectivity index (χ1n) is 11.7. The summed E-state index contributed by atoms with van der Waals surface area (Å²) in [5.41, 5.74) is 3.48. The van der Waals surface area contributed by atoms with E-state index in [1.165, 1.54) is 37.1 Å². The first-order chi connectivity index (χ1) is 15.8. The summed E-state index contributed by atoms with van der Waals surface area (Å²) in [5, 5.41) is 10.2. The van der Waals surface area contributed by atoms with E-state index in [0.717, 1.165) is 36.6 Å². The van der Waals surface area contributed by atoms with Gasteiger partial charge in [0.25, 0.3) is 0 Å². The molecule has 4 nitrogen and oxygen atoms in total. The van der Waals surface area contributed by atoms with Gasteiger partial charge in [-0.1, -0.05) is 42.5 Å². The van der Waals surface area contributed by atoms with Crippen LogP contribution in [0.2, 0.25) is 0 Å². The molecule has 3 aromatic rings. The predicted molar refractivity (Wildman–Crippen MR) is 127 cm³/mol. The van der Waals surface area contributed by atoms with Crippen LogP contribution in [0, 0.1) is 0 Å². The molecule has 1 unspecified atom stereocenters. The van der Waals surface area contributed by atoms with E-state index in [-0.39, 0.29) is 17.6 Å². The molecule has 2 heterocycles. The molecule has 0 amide bonds. The molecule has 1 saturated heterocycles. The molecule has 0 aromatic heterocycles. The fourth-order valence-electron chi connectivity index (χ4n) is 5.06. The summed E-state index contributed by atoms with van der Waals surface area (Å²) in [6.45, 7) is 4.95. The molecule has 1 fully saturated rings. The second-order valence-corrected chi connectivity index (χ2v) is 8.85. The molecule has 2 aliphatic rings. The molecule has 0 bridgehead atoms. The quantitative estimate of drug-likeness (QED) is 0.499. The van der Waals surface area contributed by atoms with Crippen molar-refractivity contribution in [3.05, 3.63) is 89.5 Å². The van der Waals surface area contributed by atoms with Crippen molar-refractivity contribution in [2.75, 3.05) is 32.8 Å². The van der Waals surface area contributed by atoms with E-state index >= 15 is 0 Å². The lowest BCUT2D eigenvalue weighted by Gasteiger charge is -2.34. The fraction of sp³-hybridized carbons (Fsp3) is 0.357. The lowest BCUT2D eigenvalue weighted by Crippen LogP contribution is -2.25. The number of benzene rings is 3. The van der Waals surface area contributed by atoms with Crippen LogP contribution in [-0.4, -0.2) is 42.9 Å². The maximum atomic E-state index is 10.2. The van der Waals surface area contributed by atoms with E-state index in [1.807, 2.05) is 18.2 Å². The highest BCUT2D eigenvalue weighted by molar-refractivity contribution is 5.51. The SMILES string of the molecule is Oc1ccc2c(c1)C(c1ccc(OCCCN3CCCC3)cc1)[C@@H](c1ccccc1)CO2. The number of fused-ring (bicyclic) bond motifs is 1. The Labute approximate surface area is 190 Å². The summed E-state index contributed by atoms with van der Waals surface area (Å²) in [7, 11) is 0. The van der Waals surface area contributed by atoms with Gasteiger partial charge in [-0.05, 0) is 73.8 Å². The lowest BCUT2D eigenvalue weighted by molar-refractivity contribution is 0.248. The highest BCUT2D eigenvalue weighted by Gasteiger charge is 2.33. The predicted octanol–water partition coefficient (Wildman–Crippen LogP) is 5.57. The summed E-state index contributed by atoms with van der Waals surface area (Å²) in [6.07, 6.45) is 3.73. The molecule has 0 aliphatic carbocycles. The summed E-state index contributed by atoms with van der Waals surface area (Å²) < 4.78 is 12.1. The Morgan fingerprint density at radius 2 is 1.69 bits per heavy atom. The molecular formula is C28H31NO3. The summed E-state index contributed by atoms with van der Waals surface area (Å²) in [5.74, 6) is 2.32. The van der Waals surface area contributed by atoms with Crippen LogP contribution >= 0.6 is 0 Å².